The van der Waals surface area contributed by atoms with Crippen molar-refractivity contribution in [1.82, 2.24) is 5.32 Å². The number of benzene rings is 1. The Morgan fingerprint density at radius 1 is 1.39 bits per heavy atom. The standard InChI is InChI=1S/C17H23NO5/c1-13(7-9-23-14-5-3-2-4-6-14)16(21)18-17(11-15(19)20)8-10-22-12-17/h2-6,13H,7-12H2,1H3,(H,18,21)(H,19,20). The van der Waals surface area contributed by atoms with Crippen LogP contribution in [0.4, 0.5) is 0 Å². The van der Waals surface area contributed by atoms with Gasteiger partial charge < -0.3 is 19.9 Å². The monoisotopic (exact) mass is 321 g/mol. The van der Waals surface area contributed by atoms with Crippen LogP contribution in [0.3, 0.4) is 0 Å². The van der Waals surface area contributed by atoms with Crippen molar-refractivity contribution in [2.75, 3.05) is 19.8 Å². The molecular weight excluding hydrogens is 298 g/mol. The van der Waals surface area contributed by atoms with E-state index in [9.17, 15) is 9.59 Å². The third kappa shape index (κ3) is 5.25. The summed E-state index contributed by atoms with van der Waals surface area (Å²) in [6.45, 7) is 2.96. The van der Waals surface area contributed by atoms with E-state index < -0.39 is 11.5 Å². The average Bonchev–Trinajstić information content (AvgIpc) is 2.95. The first-order valence-corrected chi connectivity index (χ1v) is 7.80. The van der Waals surface area contributed by atoms with Crippen LogP contribution in [0.25, 0.3) is 0 Å². The molecule has 0 aliphatic carbocycles. The van der Waals surface area contributed by atoms with E-state index in [4.69, 9.17) is 14.6 Å². The Bertz CT molecular complexity index is 525. The number of carbonyl (C=O) groups is 2. The van der Waals surface area contributed by atoms with Crippen LogP contribution in [0.2, 0.25) is 0 Å². The van der Waals surface area contributed by atoms with Crippen LogP contribution in [0.1, 0.15) is 26.2 Å². The molecule has 1 aliphatic rings. The van der Waals surface area contributed by atoms with E-state index in [1.807, 2.05) is 37.3 Å². The van der Waals surface area contributed by atoms with Crippen molar-refractivity contribution in [3.63, 3.8) is 0 Å². The average molecular weight is 321 g/mol. The van der Waals surface area contributed by atoms with Gasteiger partial charge in [-0.25, -0.2) is 0 Å². The van der Waals surface area contributed by atoms with Crippen LogP contribution in [-0.2, 0) is 14.3 Å². The van der Waals surface area contributed by atoms with E-state index in [0.717, 1.165) is 5.75 Å². The Labute approximate surface area is 135 Å². The number of para-hydroxylation sites is 1. The third-order valence-electron chi connectivity index (χ3n) is 3.99. The summed E-state index contributed by atoms with van der Waals surface area (Å²) < 4.78 is 10.9. The molecular formula is C17H23NO5. The minimum atomic E-state index is -0.934. The topological polar surface area (TPSA) is 84.9 Å². The molecule has 0 saturated carbocycles. The molecule has 2 rings (SSSR count). The summed E-state index contributed by atoms with van der Waals surface area (Å²) in [6, 6.07) is 9.42. The minimum Gasteiger partial charge on any atom is -0.494 e. The Hall–Kier alpha value is -2.08. The van der Waals surface area contributed by atoms with Crippen LogP contribution in [0, 0.1) is 5.92 Å². The summed E-state index contributed by atoms with van der Waals surface area (Å²) in [4.78, 5) is 23.3. The summed E-state index contributed by atoms with van der Waals surface area (Å²) >= 11 is 0. The molecule has 1 saturated heterocycles. The molecule has 6 heteroatoms. The molecule has 0 radical (unpaired) electrons. The van der Waals surface area contributed by atoms with Gasteiger partial charge in [-0.15, -0.1) is 0 Å². The van der Waals surface area contributed by atoms with Crippen LogP contribution < -0.4 is 10.1 Å². The summed E-state index contributed by atoms with van der Waals surface area (Å²) in [6.07, 6.45) is 0.967. The summed E-state index contributed by atoms with van der Waals surface area (Å²) in [5.41, 5.74) is -0.780. The fourth-order valence-electron chi connectivity index (χ4n) is 2.56. The number of rotatable bonds is 8. The highest BCUT2D eigenvalue weighted by molar-refractivity contribution is 5.80. The van der Waals surface area contributed by atoms with Gasteiger partial charge in [-0.1, -0.05) is 25.1 Å². The van der Waals surface area contributed by atoms with Crippen molar-refractivity contribution < 1.29 is 24.2 Å². The number of nitrogens with one attached hydrogen (secondary N) is 1. The molecule has 6 nitrogen and oxygen atoms in total. The first-order chi connectivity index (χ1) is 11.0. The molecule has 23 heavy (non-hydrogen) atoms. The SMILES string of the molecule is CC(CCOc1ccccc1)C(=O)NC1(CC(=O)O)CCOC1. The van der Waals surface area contributed by atoms with Crippen LogP contribution >= 0.6 is 0 Å². The van der Waals surface area contributed by atoms with Gasteiger partial charge in [-0.3, -0.25) is 9.59 Å². The van der Waals surface area contributed by atoms with E-state index >= 15 is 0 Å². The van der Waals surface area contributed by atoms with Gasteiger partial charge in [0.25, 0.3) is 0 Å². The smallest absolute Gasteiger partial charge is 0.305 e. The Balaban J connectivity index is 1.80. The van der Waals surface area contributed by atoms with Crippen molar-refractivity contribution in [3.05, 3.63) is 30.3 Å². The molecule has 1 aliphatic heterocycles. The largest absolute Gasteiger partial charge is 0.494 e. The molecule has 0 spiro atoms. The molecule has 1 fully saturated rings. The summed E-state index contributed by atoms with van der Waals surface area (Å²) in [5.74, 6) is -0.582. The minimum absolute atomic E-state index is 0.119. The fourth-order valence-corrected chi connectivity index (χ4v) is 2.56. The fraction of sp³-hybridized carbons (Fsp3) is 0.529. The molecule has 2 N–H and O–H groups in total. The van der Waals surface area contributed by atoms with Crippen molar-refractivity contribution in [2.24, 2.45) is 5.92 Å². The first-order valence-electron chi connectivity index (χ1n) is 7.80. The predicted molar refractivity (Wildman–Crippen MR) is 84.3 cm³/mol. The summed E-state index contributed by atoms with van der Waals surface area (Å²) in [7, 11) is 0. The number of aliphatic carboxylic acids is 1. The Kier molecular flexibility index (Phi) is 5.98. The van der Waals surface area contributed by atoms with E-state index in [2.05, 4.69) is 5.32 Å². The van der Waals surface area contributed by atoms with Gasteiger partial charge in [-0.2, -0.15) is 0 Å². The second-order valence-corrected chi connectivity index (χ2v) is 5.99. The Morgan fingerprint density at radius 3 is 2.74 bits per heavy atom. The molecule has 1 amide bonds. The lowest BCUT2D eigenvalue weighted by Gasteiger charge is -2.28. The number of carbonyl (C=O) groups excluding carboxylic acids is 1. The van der Waals surface area contributed by atoms with Gasteiger partial charge in [0.05, 0.1) is 25.2 Å². The van der Waals surface area contributed by atoms with E-state index in [-0.39, 0.29) is 24.9 Å². The van der Waals surface area contributed by atoms with Gasteiger partial charge >= 0.3 is 5.97 Å². The van der Waals surface area contributed by atoms with Gasteiger partial charge in [-0.05, 0) is 25.0 Å². The number of amides is 1. The van der Waals surface area contributed by atoms with Crippen molar-refractivity contribution in [3.8, 4) is 5.75 Å². The van der Waals surface area contributed by atoms with Crippen molar-refractivity contribution in [2.45, 2.75) is 31.7 Å². The van der Waals surface area contributed by atoms with Crippen LogP contribution in [0.15, 0.2) is 30.3 Å². The highest BCUT2D eigenvalue weighted by Crippen LogP contribution is 2.23. The normalized spacial score (nSPS) is 21.6. The molecule has 1 heterocycles. The number of hydrogen-bond acceptors (Lipinski definition) is 4. The quantitative estimate of drug-likeness (QED) is 0.763. The third-order valence-corrected chi connectivity index (χ3v) is 3.99. The van der Waals surface area contributed by atoms with Crippen LogP contribution in [0.5, 0.6) is 5.75 Å². The highest BCUT2D eigenvalue weighted by atomic mass is 16.5. The molecule has 2 atom stereocenters. The van der Waals surface area contributed by atoms with E-state index in [1.54, 1.807) is 0 Å². The van der Waals surface area contributed by atoms with Gasteiger partial charge in [0.2, 0.25) is 5.91 Å². The molecule has 0 bridgehead atoms. The van der Waals surface area contributed by atoms with E-state index in [1.165, 1.54) is 0 Å². The lowest BCUT2D eigenvalue weighted by atomic mass is 9.93. The second kappa shape index (κ2) is 7.97. The lowest BCUT2D eigenvalue weighted by molar-refractivity contribution is -0.139. The molecule has 2 unspecified atom stereocenters. The lowest BCUT2D eigenvalue weighted by Crippen LogP contribution is -2.52. The molecule has 1 aromatic carbocycles. The number of carboxylic acid groups (broad SMARTS) is 1. The van der Waals surface area contributed by atoms with Crippen molar-refractivity contribution >= 4 is 11.9 Å². The van der Waals surface area contributed by atoms with Gasteiger partial charge in [0.1, 0.15) is 5.75 Å². The van der Waals surface area contributed by atoms with E-state index in [0.29, 0.717) is 26.1 Å². The maximum atomic E-state index is 12.3. The molecule has 126 valence electrons. The number of ether oxygens (including phenoxy) is 2. The maximum Gasteiger partial charge on any atom is 0.305 e. The molecule has 0 aromatic heterocycles. The number of carboxylic acids is 1. The van der Waals surface area contributed by atoms with Gasteiger partial charge in [0, 0.05) is 12.5 Å². The predicted octanol–water partition coefficient (Wildman–Crippen LogP) is 1.84. The maximum absolute atomic E-state index is 12.3. The Morgan fingerprint density at radius 2 is 2.13 bits per heavy atom. The second-order valence-electron chi connectivity index (χ2n) is 5.99. The van der Waals surface area contributed by atoms with Gasteiger partial charge in [0.15, 0.2) is 0 Å². The zero-order valence-corrected chi connectivity index (χ0v) is 13.3. The van der Waals surface area contributed by atoms with Crippen molar-refractivity contribution in [1.29, 1.82) is 0 Å². The molecule has 1 aromatic rings. The zero-order valence-electron chi connectivity index (χ0n) is 13.3. The highest BCUT2D eigenvalue weighted by Gasteiger charge is 2.39. The number of hydrogen-bond donors (Lipinski definition) is 2. The van der Waals surface area contributed by atoms with Crippen LogP contribution in [-0.4, -0.2) is 42.3 Å². The first kappa shape index (κ1) is 17.3. The zero-order chi connectivity index (χ0) is 16.7. The summed E-state index contributed by atoms with van der Waals surface area (Å²) in [5, 5.41) is 11.9.